The number of ether oxygens (including phenoxy) is 2. The Balaban J connectivity index is 1.62. The predicted molar refractivity (Wildman–Crippen MR) is 111 cm³/mol. The van der Waals surface area contributed by atoms with E-state index in [1.165, 1.54) is 23.9 Å². The average Bonchev–Trinajstić information content (AvgIpc) is 3.21. The number of carbonyl (C=O) groups is 1. The van der Waals surface area contributed by atoms with Crippen molar-refractivity contribution in [3.8, 4) is 11.5 Å². The fourth-order valence-corrected chi connectivity index (χ4v) is 5.11. The molecule has 0 radical (unpaired) electrons. The summed E-state index contributed by atoms with van der Waals surface area (Å²) in [6.07, 6.45) is 4.95. The van der Waals surface area contributed by atoms with Crippen LogP contribution < -0.4 is 14.2 Å². The van der Waals surface area contributed by atoms with Crippen molar-refractivity contribution in [1.29, 1.82) is 0 Å². The van der Waals surface area contributed by atoms with Crippen molar-refractivity contribution < 1.29 is 22.7 Å². The topological polar surface area (TPSA) is 84.9 Å². The molecule has 9 heteroatoms. The second kappa shape index (κ2) is 8.16. The van der Waals surface area contributed by atoms with Crippen molar-refractivity contribution in [2.24, 2.45) is 0 Å². The van der Waals surface area contributed by atoms with Crippen molar-refractivity contribution >= 4 is 33.4 Å². The molecule has 7 nitrogen and oxygen atoms in total. The van der Waals surface area contributed by atoms with Crippen LogP contribution in [0.5, 0.6) is 11.5 Å². The minimum atomic E-state index is -3.87. The van der Waals surface area contributed by atoms with E-state index in [-0.39, 0.29) is 17.6 Å². The van der Waals surface area contributed by atoms with Gasteiger partial charge in [0.2, 0.25) is 6.79 Å². The quantitative estimate of drug-likeness (QED) is 0.725. The molecular weight excluding hydrogens is 412 g/mol. The number of anilines is 1. The van der Waals surface area contributed by atoms with Crippen LogP contribution in [0.4, 0.5) is 5.69 Å². The lowest BCUT2D eigenvalue weighted by molar-refractivity contribution is 0.0720. The van der Waals surface area contributed by atoms with E-state index < -0.39 is 10.0 Å². The summed E-state index contributed by atoms with van der Waals surface area (Å²) < 4.78 is 39.0. The summed E-state index contributed by atoms with van der Waals surface area (Å²) in [5, 5.41) is 0. The third-order valence-corrected chi connectivity index (χ3v) is 7.15. The Hall–Kier alpha value is -2.39. The summed E-state index contributed by atoms with van der Waals surface area (Å²) in [5.41, 5.74) is 0.792. The highest BCUT2D eigenvalue weighted by Gasteiger charge is 2.24. The largest absolute Gasteiger partial charge is 0.454 e. The maximum Gasteiger partial charge on any atom is 0.261 e. The third-order valence-electron chi connectivity index (χ3n) is 4.98. The van der Waals surface area contributed by atoms with E-state index in [4.69, 9.17) is 9.47 Å². The third kappa shape index (κ3) is 4.16. The zero-order valence-corrected chi connectivity index (χ0v) is 17.6. The average molecular weight is 435 g/mol. The van der Waals surface area contributed by atoms with Crippen LogP contribution >= 0.6 is 11.8 Å². The number of thioether (sulfide) groups is 1. The lowest BCUT2D eigenvalue weighted by Crippen LogP contribution is -2.36. The van der Waals surface area contributed by atoms with Crippen LogP contribution in [0.2, 0.25) is 0 Å². The lowest BCUT2D eigenvalue weighted by atomic mass is 10.1. The minimum absolute atomic E-state index is 0.0494. The summed E-state index contributed by atoms with van der Waals surface area (Å²) in [5.74, 6) is 0.949. The van der Waals surface area contributed by atoms with Crippen LogP contribution in [0.25, 0.3) is 0 Å². The minimum Gasteiger partial charge on any atom is -0.454 e. The van der Waals surface area contributed by atoms with E-state index in [9.17, 15) is 13.2 Å². The molecule has 29 heavy (non-hydrogen) atoms. The van der Waals surface area contributed by atoms with Crippen molar-refractivity contribution in [3.05, 3.63) is 42.0 Å². The fraction of sp³-hybridized carbons (Fsp3) is 0.350. The van der Waals surface area contributed by atoms with Gasteiger partial charge in [0.15, 0.2) is 11.5 Å². The molecule has 0 unspecified atom stereocenters. The number of hydrogen-bond donors (Lipinski definition) is 1. The number of fused-ring (bicyclic) bond motifs is 1. The number of benzene rings is 2. The number of hydrogen-bond acceptors (Lipinski definition) is 6. The standard InChI is InChI=1S/C20H22N2O5S2/c1-28-19-8-6-15(12-16(19)20(23)22-9-3-2-4-10-22)29(24,25)21-14-5-7-17-18(11-14)27-13-26-17/h5-8,11-12,21H,2-4,9-10,13H2,1H3. The van der Waals surface area contributed by atoms with Crippen LogP contribution in [0.15, 0.2) is 46.2 Å². The van der Waals surface area contributed by atoms with Crippen molar-refractivity contribution in [2.75, 3.05) is 30.9 Å². The van der Waals surface area contributed by atoms with E-state index in [0.717, 1.165) is 24.2 Å². The predicted octanol–water partition coefficient (Wildman–Crippen LogP) is 3.56. The Labute approximate surface area is 174 Å². The molecule has 1 saturated heterocycles. The highest BCUT2D eigenvalue weighted by molar-refractivity contribution is 7.98. The van der Waals surface area contributed by atoms with Gasteiger partial charge in [-0.15, -0.1) is 11.8 Å². The Kier molecular flexibility index (Phi) is 5.60. The Bertz CT molecular complexity index is 1030. The molecule has 2 aliphatic rings. The van der Waals surface area contributed by atoms with Gasteiger partial charge in [-0.2, -0.15) is 0 Å². The van der Waals surface area contributed by atoms with Gasteiger partial charge in [-0.05, 0) is 55.9 Å². The second-order valence-corrected chi connectivity index (χ2v) is 9.42. The molecule has 0 spiro atoms. The molecule has 1 N–H and O–H groups in total. The Morgan fingerprint density at radius 2 is 1.79 bits per heavy atom. The molecule has 0 aliphatic carbocycles. The monoisotopic (exact) mass is 434 g/mol. The highest BCUT2D eigenvalue weighted by atomic mass is 32.2. The van der Waals surface area contributed by atoms with E-state index in [1.807, 2.05) is 6.26 Å². The molecule has 4 rings (SSSR count). The number of sulfonamides is 1. The van der Waals surface area contributed by atoms with Crippen LogP contribution in [0.1, 0.15) is 29.6 Å². The van der Waals surface area contributed by atoms with Gasteiger partial charge in [-0.1, -0.05) is 0 Å². The summed E-state index contributed by atoms with van der Waals surface area (Å²) >= 11 is 1.43. The zero-order valence-electron chi connectivity index (χ0n) is 16.0. The van der Waals surface area contributed by atoms with Gasteiger partial charge in [-0.3, -0.25) is 9.52 Å². The molecule has 2 aromatic carbocycles. The van der Waals surface area contributed by atoms with E-state index in [1.54, 1.807) is 29.2 Å². The van der Waals surface area contributed by atoms with Gasteiger partial charge >= 0.3 is 0 Å². The Morgan fingerprint density at radius 3 is 2.55 bits per heavy atom. The summed E-state index contributed by atoms with van der Waals surface area (Å²) in [6.45, 7) is 1.53. The van der Waals surface area contributed by atoms with E-state index in [0.29, 0.717) is 35.8 Å². The van der Waals surface area contributed by atoms with Gasteiger partial charge in [0.25, 0.3) is 15.9 Å². The first-order valence-corrected chi connectivity index (χ1v) is 12.1. The number of amides is 1. The van der Waals surface area contributed by atoms with Crippen LogP contribution in [-0.2, 0) is 10.0 Å². The number of nitrogens with one attached hydrogen (secondary N) is 1. The van der Waals surface area contributed by atoms with Crippen LogP contribution in [0, 0.1) is 0 Å². The highest BCUT2D eigenvalue weighted by Crippen LogP contribution is 2.35. The molecule has 2 heterocycles. The molecule has 154 valence electrons. The zero-order chi connectivity index (χ0) is 20.4. The summed E-state index contributed by atoms with van der Waals surface area (Å²) in [4.78, 5) is 15.6. The maximum atomic E-state index is 13.0. The second-order valence-electron chi connectivity index (χ2n) is 6.89. The molecule has 0 atom stereocenters. The first kappa shape index (κ1) is 19.9. The summed E-state index contributed by atoms with van der Waals surface area (Å²) in [6, 6.07) is 9.53. The Morgan fingerprint density at radius 1 is 1.03 bits per heavy atom. The van der Waals surface area contributed by atoms with Crippen molar-refractivity contribution in [2.45, 2.75) is 29.1 Å². The van der Waals surface area contributed by atoms with Crippen molar-refractivity contribution in [3.63, 3.8) is 0 Å². The number of nitrogens with zero attached hydrogens (tertiary/aromatic N) is 1. The van der Waals surface area contributed by atoms with Gasteiger partial charge in [-0.25, -0.2) is 8.42 Å². The van der Waals surface area contributed by atoms with E-state index >= 15 is 0 Å². The summed E-state index contributed by atoms with van der Waals surface area (Å²) in [7, 11) is -3.87. The van der Waals surface area contributed by atoms with Crippen LogP contribution in [0.3, 0.4) is 0 Å². The molecule has 2 aliphatic heterocycles. The molecule has 0 aromatic heterocycles. The number of carbonyl (C=O) groups excluding carboxylic acids is 1. The van der Waals surface area contributed by atoms with Gasteiger partial charge in [0, 0.05) is 24.1 Å². The lowest BCUT2D eigenvalue weighted by Gasteiger charge is -2.27. The normalized spacial score (nSPS) is 16.0. The molecule has 2 aromatic rings. The number of likely N-dealkylation sites (tertiary alicyclic amines) is 1. The maximum absolute atomic E-state index is 13.0. The van der Waals surface area contributed by atoms with Crippen LogP contribution in [-0.4, -0.2) is 45.4 Å². The number of piperidine rings is 1. The van der Waals surface area contributed by atoms with Crippen molar-refractivity contribution in [1.82, 2.24) is 4.90 Å². The van der Waals surface area contributed by atoms with E-state index in [2.05, 4.69) is 4.72 Å². The molecular formula is C20H22N2O5S2. The molecule has 1 fully saturated rings. The molecule has 0 bridgehead atoms. The van der Waals surface area contributed by atoms with Gasteiger partial charge in [0.05, 0.1) is 16.1 Å². The molecule has 1 amide bonds. The first-order valence-electron chi connectivity index (χ1n) is 9.38. The molecule has 0 saturated carbocycles. The van der Waals surface area contributed by atoms with Gasteiger partial charge < -0.3 is 14.4 Å². The fourth-order valence-electron chi connectivity index (χ4n) is 3.46. The number of rotatable bonds is 5. The van der Waals surface area contributed by atoms with Gasteiger partial charge in [0.1, 0.15) is 0 Å². The SMILES string of the molecule is CSc1ccc(S(=O)(=O)Nc2ccc3c(c2)OCO3)cc1C(=O)N1CCCCC1. The smallest absolute Gasteiger partial charge is 0.261 e. The first-order chi connectivity index (χ1) is 14.0.